The maximum atomic E-state index is 6.05. The number of benzene rings is 1. The average Bonchev–Trinajstić information content (AvgIpc) is 2.91. The largest absolute Gasteiger partial charge is 0.396 e. The highest BCUT2D eigenvalue weighted by atomic mass is 79.9. The fourth-order valence-corrected chi connectivity index (χ4v) is 2.73. The van der Waals surface area contributed by atoms with Gasteiger partial charge in [0, 0.05) is 28.9 Å². The minimum absolute atomic E-state index is 0.565. The molecule has 3 N–H and O–H groups in total. The van der Waals surface area contributed by atoms with Crippen LogP contribution in [0.2, 0.25) is 0 Å². The molecule has 1 aromatic heterocycles. The summed E-state index contributed by atoms with van der Waals surface area (Å²) < 4.78 is 6.42. The number of nitrogens with one attached hydrogen (secondary N) is 1. The van der Waals surface area contributed by atoms with Crippen molar-refractivity contribution < 1.29 is 4.74 Å². The fraction of sp³-hybridized carbons (Fsp3) is 0.357. The number of hydrogen-bond donors (Lipinski definition) is 2. The molecule has 100 valence electrons. The van der Waals surface area contributed by atoms with Gasteiger partial charge in [-0.3, -0.25) is 4.98 Å². The molecule has 0 saturated carbocycles. The van der Waals surface area contributed by atoms with Gasteiger partial charge in [0.1, 0.15) is 0 Å². The maximum Gasteiger partial charge on any atom is 0.0743 e. The molecule has 19 heavy (non-hydrogen) atoms. The Balaban J connectivity index is 1.91. The van der Waals surface area contributed by atoms with E-state index >= 15 is 0 Å². The predicted octanol–water partition coefficient (Wildman–Crippen LogP) is 3.03. The Bertz CT molecular complexity index is 591. The topological polar surface area (TPSA) is 60.2 Å². The normalized spacial score (nSPS) is 18.9. The Kier molecular flexibility index (Phi) is 3.57. The molecule has 1 aliphatic rings. The van der Waals surface area contributed by atoms with E-state index in [1.54, 1.807) is 6.20 Å². The number of fused-ring (bicyclic) bond motifs is 1. The molecule has 2 heterocycles. The van der Waals surface area contributed by atoms with E-state index in [9.17, 15) is 0 Å². The maximum absolute atomic E-state index is 6.05. The number of nitrogens with zero attached hydrogens (tertiary/aromatic N) is 1. The van der Waals surface area contributed by atoms with Crippen molar-refractivity contribution >= 4 is 38.2 Å². The number of hydrogen-bond acceptors (Lipinski definition) is 4. The second-order valence-corrected chi connectivity index (χ2v) is 5.78. The first-order valence-corrected chi connectivity index (χ1v) is 7.18. The van der Waals surface area contributed by atoms with Gasteiger partial charge in [-0.2, -0.15) is 0 Å². The molecule has 4 nitrogen and oxygen atoms in total. The van der Waals surface area contributed by atoms with Crippen LogP contribution in [0.1, 0.15) is 6.42 Å². The van der Waals surface area contributed by atoms with Crippen LogP contribution < -0.4 is 11.1 Å². The average molecular weight is 322 g/mol. The van der Waals surface area contributed by atoms with Gasteiger partial charge >= 0.3 is 0 Å². The standard InChI is InChI=1S/C14H16BrN3O/c15-10-1-2-13-11(5-10)14(12(16)7-17-13)18-6-9-3-4-19-8-9/h1-2,5,7,9H,3-4,6,8,16H2,(H,17,18). The first-order chi connectivity index (χ1) is 9.24. The molecule has 0 spiro atoms. The van der Waals surface area contributed by atoms with Crippen molar-refractivity contribution in [1.82, 2.24) is 4.98 Å². The lowest BCUT2D eigenvalue weighted by molar-refractivity contribution is 0.187. The minimum atomic E-state index is 0.565. The van der Waals surface area contributed by atoms with Crippen LogP contribution in [0.15, 0.2) is 28.9 Å². The first kappa shape index (κ1) is 12.7. The second-order valence-electron chi connectivity index (χ2n) is 4.86. The van der Waals surface area contributed by atoms with E-state index in [4.69, 9.17) is 10.5 Å². The number of aromatic nitrogens is 1. The van der Waals surface area contributed by atoms with E-state index in [2.05, 4.69) is 26.2 Å². The summed E-state index contributed by atoms with van der Waals surface area (Å²) in [5.41, 5.74) is 8.65. The molecule has 0 radical (unpaired) electrons. The number of anilines is 2. The third-order valence-corrected chi connectivity index (χ3v) is 3.94. The SMILES string of the molecule is Nc1cnc2ccc(Br)cc2c1NCC1CCOC1. The molecule has 1 unspecified atom stereocenters. The molecule has 0 amide bonds. The van der Waals surface area contributed by atoms with Gasteiger partial charge in [-0.15, -0.1) is 0 Å². The van der Waals surface area contributed by atoms with Crippen LogP contribution >= 0.6 is 15.9 Å². The molecular formula is C14H16BrN3O. The molecular weight excluding hydrogens is 306 g/mol. The third-order valence-electron chi connectivity index (χ3n) is 3.45. The van der Waals surface area contributed by atoms with Gasteiger partial charge in [0.2, 0.25) is 0 Å². The Labute approximate surface area is 120 Å². The lowest BCUT2D eigenvalue weighted by Gasteiger charge is -2.15. The molecule has 3 rings (SSSR count). The van der Waals surface area contributed by atoms with Crippen molar-refractivity contribution in [2.45, 2.75) is 6.42 Å². The molecule has 2 aromatic rings. The Hall–Kier alpha value is -1.33. The predicted molar refractivity (Wildman–Crippen MR) is 81.3 cm³/mol. The summed E-state index contributed by atoms with van der Waals surface area (Å²) in [4.78, 5) is 4.35. The number of halogens is 1. The van der Waals surface area contributed by atoms with Crippen LogP contribution in [0.5, 0.6) is 0 Å². The van der Waals surface area contributed by atoms with E-state index in [1.807, 2.05) is 18.2 Å². The molecule has 1 saturated heterocycles. The third kappa shape index (κ3) is 2.67. The molecule has 0 bridgehead atoms. The van der Waals surface area contributed by atoms with Gasteiger partial charge in [-0.1, -0.05) is 15.9 Å². The zero-order valence-corrected chi connectivity index (χ0v) is 12.1. The summed E-state index contributed by atoms with van der Waals surface area (Å²) in [6.45, 7) is 2.58. The highest BCUT2D eigenvalue weighted by Crippen LogP contribution is 2.30. The number of nitrogen functional groups attached to an aromatic ring is 1. The molecule has 1 aliphatic heterocycles. The van der Waals surface area contributed by atoms with Crippen LogP contribution in [0.4, 0.5) is 11.4 Å². The summed E-state index contributed by atoms with van der Waals surface area (Å²) in [6.07, 6.45) is 2.82. The zero-order chi connectivity index (χ0) is 13.2. The van der Waals surface area contributed by atoms with Crippen molar-refractivity contribution in [1.29, 1.82) is 0 Å². The van der Waals surface area contributed by atoms with Crippen molar-refractivity contribution in [3.05, 3.63) is 28.9 Å². The summed E-state index contributed by atoms with van der Waals surface area (Å²) >= 11 is 3.49. The van der Waals surface area contributed by atoms with Gasteiger partial charge in [-0.25, -0.2) is 0 Å². The van der Waals surface area contributed by atoms with Crippen LogP contribution in [0.25, 0.3) is 10.9 Å². The van der Waals surface area contributed by atoms with E-state index < -0.39 is 0 Å². The van der Waals surface area contributed by atoms with Crippen LogP contribution in [0, 0.1) is 5.92 Å². The van der Waals surface area contributed by atoms with E-state index in [0.717, 1.165) is 47.2 Å². The highest BCUT2D eigenvalue weighted by Gasteiger charge is 2.16. The van der Waals surface area contributed by atoms with Crippen LogP contribution in [0.3, 0.4) is 0 Å². The molecule has 1 aromatic carbocycles. The molecule has 1 fully saturated rings. The molecule has 0 aliphatic carbocycles. The van der Waals surface area contributed by atoms with E-state index in [1.165, 1.54) is 0 Å². The van der Waals surface area contributed by atoms with Gasteiger partial charge < -0.3 is 15.8 Å². The Morgan fingerprint density at radius 1 is 1.47 bits per heavy atom. The summed E-state index contributed by atoms with van der Waals surface area (Å²) in [5.74, 6) is 0.565. The van der Waals surface area contributed by atoms with Crippen LogP contribution in [-0.4, -0.2) is 24.7 Å². The Morgan fingerprint density at radius 2 is 2.37 bits per heavy atom. The first-order valence-electron chi connectivity index (χ1n) is 6.39. The molecule has 1 atom stereocenters. The van der Waals surface area contributed by atoms with Gasteiger partial charge in [0.05, 0.1) is 29.7 Å². The highest BCUT2D eigenvalue weighted by molar-refractivity contribution is 9.10. The summed E-state index contributed by atoms with van der Waals surface area (Å²) in [7, 11) is 0. The Morgan fingerprint density at radius 3 is 3.16 bits per heavy atom. The van der Waals surface area contributed by atoms with Gasteiger partial charge in [0.15, 0.2) is 0 Å². The van der Waals surface area contributed by atoms with Gasteiger partial charge in [-0.05, 0) is 24.6 Å². The van der Waals surface area contributed by atoms with Crippen molar-refractivity contribution in [3.8, 4) is 0 Å². The fourth-order valence-electron chi connectivity index (χ4n) is 2.37. The van der Waals surface area contributed by atoms with Crippen LogP contribution in [-0.2, 0) is 4.74 Å². The van der Waals surface area contributed by atoms with Gasteiger partial charge in [0.25, 0.3) is 0 Å². The minimum Gasteiger partial charge on any atom is -0.396 e. The quantitative estimate of drug-likeness (QED) is 0.912. The number of nitrogens with two attached hydrogens (primary N) is 1. The second kappa shape index (κ2) is 5.35. The van der Waals surface area contributed by atoms with Crippen molar-refractivity contribution in [3.63, 3.8) is 0 Å². The smallest absolute Gasteiger partial charge is 0.0743 e. The lowest BCUT2D eigenvalue weighted by atomic mass is 10.1. The number of ether oxygens (including phenoxy) is 1. The van der Waals surface area contributed by atoms with Crippen molar-refractivity contribution in [2.75, 3.05) is 30.8 Å². The molecule has 5 heteroatoms. The zero-order valence-electron chi connectivity index (χ0n) is 10.5. The number of rotatable bonds is 3. The monoisotopic (exact) mass is 321 g/mol. The van der Waals surface area contributed by atoms with E-state index in [0.29, 0.717) is 11.6 Å². The van der Waals surface area contributed by atoms with E-state index in [-0.39, 0.29) is 0 Å². The number of pyridine rings is 1. The summed E-state index contributed by atoms with van der Waals surface area (Å²) in [5, 5.41) is 4.51. The van der Waals surface area contributed by atoms with Crippen molar-refractivity contribution in [2.24, 2.45) is 5.92 Å². The summed E-state index contributed by atoms with van der Waals surface area (Å²) in [6, 6.07) is 6.02. The lowest BCUT2D eigenvalue weighted by Crippen LogP contribution is -2.15.